The Labute approximate surface area is 152 Å². The van der Waals surface area contributed by atoms with Crippen LogP contribution in [0.1, 0.15) is 33.2 Å². The third-order valence-corrected chi connectivity index (χ3v) is 4.88. The summed E-state index contributed by atoms with van der Waals surface area (Å²) in [6, 6.07) is 5.81. The van der Waals surface area contributed by atoms with E-state index in [0.29, 0.717) is 30.7 Å². The Hall–Kier alpha value is -2.81. The first-order valence-corrected chi connectivity index (χ1v) is 8.39. The van der Waals surface area contributed by atoms with Gasteiger partial charge in [-0.3, -0.25) is 10.00 Å². The van der Waals surface area contributed by atoms with Gasteiger partial charge in [-0.15, -0.1) is 0 Å². The molecule has 1 aliphatic rings. The van der Waals surface area contributed by atoms with E-state index in [1.165, 1.54) is 13.2 Å². The Bertz CT molecular complexity index is 986. The SMILES string of the molecule is COC(=O)c1cc(C2CN(Cc3c[nH]c4cccc(C(F)(F)F)c34)C2)[nH]n1. The van der Waals surface area contributed by atoms with Crippen LogP contribution in [-0.4, -0.2) is 46.2 Å². The number of nitrogens with one attached hydrogen (secondary N) is 2. The quantitative estimate of drug-likeness (QED) is 0.684. The number of H-pyrrole nitrogens is 2. The number of methoxy groups -OCH3 is 1. The van der Waals surface area contributed by atoms with E-state index in [9.17, 15) is 18.0 Å². The van der Waals surface area contributed by atoms with Crippen molar-refractivity contribution < 1.29 is 22.7 Å². The molecule has 0 bridgehead atoms. The third kappa shape index (κ3) is 3.18. The van der Waals surface area contributed by atoms with Crippen LogP contribution >= 0.6 is 0 Å². The molecule has 1 aliphatic heterocycles. The van der Waals surface area contributed by atoms with Crippen LogP contribution in [0.4, 0.5) is 13.2 Å². The van der Waals surface area contributed by atoms with Gasteiger partial charge in [-0.2, -0.15) is 18.3 Å². The van der Waals surface area contributed by atoms with Crippen LogP contribution in [0.15, 0.2) is 30.5 Å². The highest BCUT2D eigenvalue weighted by Crippen LogP contribution is 2.37. The Kier molecular flexibility index (Phi) is 4.18. The smallest absolute Gasteiger partial charge is 0.417 e. The number of fused-ring (bicyclic) bond motifs is 1. The molecule has 0 amide bonds. The number of esters is 1. The molecule has 6 nitrogen and oxygen atoms in total. The molecule has 9 heteroatoms. The summed E-state index contributed by atoms with van der Waals surface area (Å²) in [5, 5.41) is 6.98. The maximum atomic E-state index is 13.3. The van der Waals surface area contributed by atoms with Gasteiger partial charge >= 0.3 is 12.1 Å². The second-order valence-electron chi connectivity index (χ2n) is 6.63. The highest BCUT2D eigenvalue weighted by molar-refractivity contribution is 5.87. The number of halogens is 3. The monoisotopic (exact) mass is 378 g/mol. The van der Waals surface area contributed by atoms with E-state index in [2.05, 4.69) is 24.8 Å². The van der Waals surface area contributed by atoms with E-state index in [-0.39, 0.29) is 17.0 Å². The van der Waals surface area contributed by atoms with Crippen molar-refractivity contribution in [2.75, 3.05) is 20.2 Å². The van der Waals surface area contributed by atoms with E-state index >= 15 is 0 Å². The van der Waals surface area contributed by atoms with Crippen LogP contribution in [0.3, 0.4) is 0 Å². The molecule has 3 heterocycles. The lowest BCUT2D eigenvalue weighted by Gasteiger charge is -2.38. The molecule has 1 fully saturated rings. The number of benzene rings is 1. The number of rotatable bonds is 4. The molecule has 4 rings (SSSR count). The first-order chi connectivity index (χ1) is 12.9. The van der Waals surface area contributed by atoms with Crippen LogP contribution in [0.2, 0.25) is 0 Å². The van der Waals surface area contributed by atoms with Gasteiger partial charge in [0.15, 0.2) is 5.69 Å². The van der Waals surface area contributed by atoms with Crippen molar-refractivity contribution in [2.45, 2.75) is 18.6 Å². The Balaban J connectivity index is 1.48. The van der Waals surface area contributed by atoms with Gasteiger partial charge < -0.3 is 9.72 Å². The molecule has 2 N–H and O–H groups in total. The summed E-state index contributed by atoms with van der Waals surface area (Å²) >= 11 is 0. The van der Waals surface area contributed by atoms with Gasteiger partial charge in [-0.25, -0.2) is 4.79 Å². The van der Waals surface area contributed by atoms with E-state index < -0.39 is 17.7 Å². The standard InChI is InChI=1S/C18H17F3N4O2/c1-27-17(26)15-5-14(23-24-15)11-8-25(9-11)7-10-6-22-13-4-2-3-12(16(10)13)18(19,20)21/h2-6,11,22H,7-9H2,1H3,(H,23,24). The molecule has 2 aromatic heterocycles. The summed E-state index contributed by atoms with van der Waals surface area (Å²) in [6.45, 7) is 1.76. The van der Waals surface area contributed by atoms with Crippen molar-refractivity contribution in [1.29, 1.82) is 0 Å². The van der Waals surface area contributed by atoms with E-state index in [1.807, 2.05) is 0 Å². The zero-order chi connectivity index (χ0) is 19.2. The Morgan fingerprint density at radius 3 is 2.85 bits per heavy atom. The fourth-order valence-electron chi connectivity index (χ4n) is 3.51. The number of hydrogen-bond acceptors (Lipinski definition) is 4. The molecule has 1 saturated heterocycles. The predicted molar refractivity (Wildman–Crippen MR) is 91.2 cm³/mol. The molecule has 142 valence electrons. The number of alkyl halides is 3. The molecular weight excluding hydrogens is 361 g/mol. The zero-order valence-electron chi connectivity index (χ0n) is 14.4. The summed E-state index contributed by atoms with van der Waals surface area (Å²) in [7, 11) is 1.29. The molecule has 27 heavy (non-hydrogen) atoms. The number of likely N-dealkylation sites (tertiary alicyclic amines) is 1. The molecule has 1 aromatic carbocycles. The maximum absolute atomic E-state index is 13.3. The molecule has 0 radical (unpaired) electrons. The third-order valence-electron chi connectivity index (χ3n) is 4.88. The molecule has 3 aromatic rings. The highest BCUT2D eigenvalue weighted by Gasteiger charge is 2.35. The van der Waals surface area contributed by atoms with E-state index in [1.54, 1.807) is 18.3 Å². The van der Waals surface area contributed by atoms with Gasteiger partial charge in [0.25, 0.3) is 0 Å². The van der Waals surface area contributed by atoms with Gasteiger partial charge in [0.1, 0.15) is 0 Å². The van der Waals surface area contributed by atoms with Crippen molar-refractivity contribution in [3.8, 4) is 0 Å². The summed E-state index contributed by atoms with van der Waals surface area (Å²) in [4.78, 5) is 16.4. The van der Waals surface area contributed by atoms with Gasteiger partial charge in [-0.05, 0) is 23.8 Å². The van der Waals surface area contributed by atoms with Crippen molar-refractivity contribution in [3.05, 3.63) is 53.0 Å². The lowest BCUT2D eigenvalue weighted by Crippen LogP contribution is -2.44. The maximum Gasteiger partial charge on any atom is 0.417 e. The number of aromatic nitrogens is 3. The van der Waals surface area contributed by atoms with Crippen LogP contribution in [0.5, 0.6) is 0 Å². The van der Waals surface area contributed by atoms with Crippen LogP contribution in [0, 0.1) is 0 Å². The Morgan fingerprint density at radius 1 is 1.37 bits per heavy atom. The normalized spacial score (nSPS) is 15.9. The molecule has 0 aliphatic carbocycles. The average Bonchev–Trinajstić information content (AvgIpc) is 3.23. The number of nitrogens with zero attached hydrogens (tertiary/aromatic N) is 2. The van der Waals surface area contributed by atoms with Crippen molar-refractivity contribution in [2.24, 2.45) is 0 Å². The first-order valence-electron chi connectivity index (χ1n) is 8.39. The van der Waals surface area contributed by atoms with Crippen molar-refractivity contribution >= 4 is 16.9 Å². The first kappa shape index (κ1) is 17.6. The number of aromatic amines is 2. The van der Waals surface area contributed by atoms with E-state index in [0.717, 1.165) is 11.8 Å². The largest absolute Gasteiger partial charge is 0.464 e. The second kappa shape index (κ2) is 6.41. The van der Waals surface area contributed by atoms with Gasteiger partial charge in [0.05, 0.1) is 12.7 Å². The second-order valence-corrected chi connectivity index (χ2v) is 6.63. The molecular formula is C18H17F3N4O2. The fourth-order valence-corrected chi connectivity index (χ4v) is 3.51. The number of ether oxygens (including phenoxy) is 1. The van der Waals surface area contributed by atoms with Gasteiger partial charge in [-0.1, -0.05) is 6.07 Å². The van der Waals surface area contributed by atoms with E-state index in [4.69, 9.17) is 0 Å². The van der Waals surface area contributed by atoms with Gasteiger partial charge in [0.2, 0.25) is 0 Å². The summed E-state index contributed by atoms with van der Waals surface area (Å²) < 4.78 is 44.6. The minimum Gasteiger partial charge on any atom is -0.464 e. The molecule has 0 unspecified atom stereocenters. The zero-order valence-corrected chi connectivity index (χ0v) is 14.4. The number of carbonyl (C=O) groups excluding carboxylic acids is 1. The van der Waals surface area contributed by atoms with Gasteiger partial charge in [0, 0.05) is 48.3 Å². The lowest BCUT2D eigenvalue weighted by atomic mass is 9.95. The molecule has 0 saturated carbocycles. The minimum atomic E-state index is -4.39. The minimum absolute atomic E-state index is 0.156. The highest BCUT2D eigenvalue weighted by atomic mass is 19.4. The predicted octanol–water partition coefficient (Wildman–Crippen LogP) is 3.30. The lowest BCUT2D eigenvalue weighted by molar-refractivity contribution is -0.136. The van der Waals surface area contributed by atoms with Crippen LogP contribution < -0.4 is 0 Å². The number of hydrogen-bond donors (Lipinski definition) is 2. The molecule has 0 atom stereocenters. The van der Waals surface area contributed by atoms with Crippen LogP contribution in [-0.2, 0) is 17.5 Å². The number of carbonyl (C=O) groups is 1. The Morgan fingerprint density at radius 2 is 2.15 bits per heavy atom. The fraction of sp³-hybridized carbons (Fsp3) is 0.333. The summed E-state index contributed by atoms with van der Waals surface area (Å²) in [5.74, 6) is -0.352. The van der Waals surface area contributed by atoms with Crippen LogP contribution in [0.25, 0.3) is 10.9 Å². The molecule has 0 spiro atoms. The topological polar surface area (TPSA) is 74.0 Å². The summed E-state index contributed by atoms with van der Waals surface area (Å²) in [5.41, 5.74) is 1.52. The average molecular weight is 378 g/mol. The van der Waals surface area contributed by atoms with Crippen molar-refractivity contribution in [3.63, 3.8) is 0 Å². The summed E-state index contributed by atoms with van der Waals surface area (Å²) in [6.07, 6.45) is -2.76. The van der Waals surface area contributed by atoms with Crippen molar-refractivity contribution in [1.82, 2.24) is 20.1 Å².